The first kappa shape index (κ1) is 22.9. The van der Waals surface area contributed by atoms with Gasteiger partial charge in [0.2, 0.25) is 0 Å². The van der Waals surface area contributed by atoms with E-state index in [9.17, 15) is 4.79 Å². The molecule has 0 aromatic heterocycles. The van der Waals surface area contributed by atoms with Crippen molar-refractivity contribution in [3.05, 3.63) is 145 Å². The summed E-state index contributed by atoms with van der Waals surface area (Å²) in [6.07, 6.45) is 5.33. The Labute approximate surface area is 211 Å². The van der Waals surface area contributed by atoms with E-state index in [0.29, 0.717) is 5.75 Å². The highest BCUT2D eigenvalue weighted by molar-refractivity contribution is 6.03. The van der Waals surface area contributed by atoms with E-state index in [1.807, 2.05) is 24.3 Å². The topological polar surface area (TPSA) is 29.5 Å². The maximum absolute atomic E-state index is 11.4. The summed E-state index contributed by atoms with van der Waals surface area (Å²) in [5, 5.41) is 2.33. The first-order valence-corrected chi connectivity index (χ1v) is 11.8. The number of hydrogen-bond acceptors (Lipinski definition) is 3. The molecule has 0 aliphatic heterocycles. The van der Waals surface area contributed by atoms with Gasteiger partial charge in [-0.15, -0.1) is 0 Å². The maximum atomic E-state index is 11.4. The number of anilines is 3. The number of para-hydroxylation sites is 2. The predicted octanol–water partition coefficient (Wildman–Crippen LogP) is 8.57. The van der Waals surface area contributed by atoms with Crippen molar-refractivity contribution in [3.63, 3.8) is 0 Å². The Balaban J connectivity index is 1.53. The van der Waals surface area contributed by atoms with Gasteiger partial charge < -0.3 is 9.64 Å². The van der Waals surface area contributed by atoms with Crippen molar-refractivity contribution in [2.45, 2.75) is 0 Å². The smallest absolute Gasteiger partial charge is 0.335 e. The number of carbonyl (C=O) groups excluding carboxylic acids is 1. The van der Waals surface area contributed by atoms with E-state index >= 15 is 0 Å². The molecule has 5 aromatic rings. The van der Waals surface area contributed by atoms with Gasteiger partial charge in [-0.05, 0) is 59.0 Å². The summed E-state index contributed by atoms with van der Waals surface area (Å²) >= 11 is 0. The third-order valence-electron chi connectivity index (χ3n) is 5.93. The molecule has 3 heteroatoms. The molecule has 0 N–H and O–H groups in total. The van der Waals surface area contributed by atoms with Gasteiger partial charge in [-0.25, -0.2) is 4.79 Å². The maximum Gasteiger partial charge on any atom is 0.335 e. The van der Waals surface area contributed by atoms with Crippen molar-refractivity contribution < 1.29 is 9.53 Å². The molecule has 5 rings (SSSR count). The molecule has 0 bridgehead atoms. The lowest BCUT2D eigenvalue weighted by Crippen LogP contribution is -2.10. The molecule has 174 valence electrons. The number of ether oxygens (including phenoxy) is 1. The molecule has 0 unspecified atom stereocenters. The van der Waals surface area contributed by atoms with E-state index in [-0.39, 0.29) is 0 Å². The summed E-state index contributed by atoms with van der Waals surface area (Å²) in [6.45, 7) is 3.42. The number of rotatable bonds is 7. The third kappa shape index (κ3) is 4.96. The van der Waals surface area contributed by atoms with Gasteiger partial charge in [-0.2, -0.15) is 0 Å². The molecule has 0 heterocycles. The largest absolute Gasteiger partial charge is 0.423 e. The Hall–Kier alpha value is -4.89. The van der Waals surface area contributed by atoms with Crippen LogP contribution in [0.1, 0.15) is 11.1 Å². The van der Waals surface area contributed by atoms with Crippen LogP contribution in [0.5, 0.6) is 5.75 Å². The van der Waals surface area contributed by atoms with E-state index in [0.717, 1.165) is 34.3 Å². The molecular formula is C33H25NO2. The molecule has 5 aromatic carbocycles. The summed E-state index contributed by atoms with van der Waals surface area (Å²) < 4.78 is 5.16. The number of fused-ring (bicyclic) bond motifs is 1. The van der Waals surface area contributed by atoms with Gasteiger partial charge in [0.15, 0.2) is 0 Å². The van der Waals surface area contributed by atoms with Crippen LogP contribution in [0, 0.1) is 0 Å². The lowest BCUT2D eigenvalue weighted by molar-refractivity contribution is -0.128. The van der Waals surface area contributed by atoms with Gasteiger partial charge in [0.25, 0.3) is 0 Å². The van der Waals surface area contributed by atoms with Crippen molar-refractivity contribution in [3.8, 4) is 5.75 Å². The summed E-state index contributed by atoms with van der Waals surface area (Å²) in [4.78, 5) is 13.7. The molecule has 3 nitrogen and oxygen atoms in total. The standard InChI is InChI=1S/C33H25NO2/c1-2-33(35)36-29-22-18-25(19-23-29)17-20-26-21-24-32(31-16-10-9-15-30(26)31)34(27-11-5-3-6-12-27)28-13-7-4-8-14-28/h2-24H,1H2. The van der Waals surface area contributed by atoms with Crippen molar-refractivity contribution >= 4 is 46.0 Å². The van der Waals surface area contributed by atoms with Crippen molar-refractivity contribution in [1.29, 1.82) is 0 Å². The monoisotopic (exact) mass is 467 g/mol. The number of benzene rings is 5. The Morgan fingerprint density at radius 1 is 0.639 bits per heavy atom. The summed E-state index contributed by atoms with van der Waals surface area (Å²) in [5.74, 6) is 0.0265. The average molecular weight is 468 g/mol. The van der Waals surface area contributed by atoms with Crippen LogP contribution in [0.3, 0.4) is 0 Å². The first-order chi connectivity index (χ1) is 17.7. The number of nitrogens with zero attached hydrogens (tertiary/aromatic N) is 1. The highest BCUT2D eigenvalue weighted by atomic mass is 16.5. The predicted molar refractivity (Wildman–Crippen MR) is 150 cm³/mol. The second kappa shape index (κ2) is 10.6. The Bertz CT molecular complexity index is 1480. The lowest BCUT2D eigenvalue weighted by atomic mass is 10.00. The summed E-state index contributed by atoms with van der Waals surface area (Å²) in [6, 6.07) is 41.1. The summed E-state index contributed by atoms with van der Waals surface area (Å²) in [7, 11) is 0. The zero-order valence-electron chi connectivity index (χ0n) is 19.7. The minimum absolute atomic E-state index is 0.468. The minimum Gasteiger partial charge on any atom is -0.423 e. The van der Waals surface area contributed by atoms with E-state index in [1.54, 1.807) is 12.1 Å². The normalized spacial score (nSPS) is 10.9. The molecule has 36 heavy (non-hydrogen) atoms. The van der Waals surface area contributed by atoms with Gasteiger partial charge >= 0.3 is 5.97 Å². The van der Waals surface area contributed by atoms with Crippen molar-refractivity contribution in [2.24, 2.45) is 0 Å². The van der Waals surface area contributed by atoms with E-state index in [2.05, 4.69) is 109 Å². The van der Waals surface area contributed by atoms with Crippen LogP contribution in [0.4, 0.5) is 17.1 Å². The fraction of sp³-hybridized carbons (Fsp3) is 0. The van der Waals surface area contributed by atoms with Crippen LogP contribution in [0.15, 0.2) is 134 Å². The van der Waals surface area contributed by atoms with Crippen molar-refractivity contribution in [1.82, 2.24) is 0 Å². The number of hydrogen-bond donors (Lipinski definition) is 0. The highest BCUT2D eigenvalue weighted by Crippen LogP contribution is 2.39. The molecule has 0 saturated heterocycles. The van der Waals surface area contributed by atoms with Crippen LogP contribution in [-0.4, -0.2) is 5.97 Å². The average Bonchev–Trinajstić information content (AvgIpc) is 2.94. The molecule has 0 spiro atoms. The Kier molecular flexibility index (Phi) is 6.72. The molecule has 0 radical (unpaired) electrons. The first-order valence-electron chi connectivity index (χ1n) is 11.8. The van der Waals surface area contributed by atoms with Gasteiger partial charge in [0.1, 0.15) is 5.75 Å². The van der Waals surface area contributed by atoms with E-state index < -0.39 is 5.97 Å². The fourth-order valence-electron chi connectivity index (χ4n) is 4.22. The van der Waals surface area contributed by atoms with Gasteiger partial charge in [-0.3, -0.25) is 0 Å². The Morgan fingerprint density at radius 3 is 1.83 bits per heavy atom. The van der Waals surface area contributed by atoms with E-state index in [1.165, 1.54) is 10.8 Å². The molecule has 0 aliphatic carbocycles. The lowest BCUT2D eigenvalue weighted by Gasteiger charge is -2.27. The summed E-state index contributed by atoms with van der Waals surface area (Å²) in [5.41, 5.74) is 5.46. The zero-order chi connectivity index (χ0) is 24.7. The number of esters is 1. The van der Waals surface area contributed by atoms with Crippen LogP contribution in [0.25, 0.3) is 22.9 Å². The number of carbonyl (C=O) groups is 1. The second-order valence-electron chi connectivity index (χ2n) is 8.25. The molecule has 0 aliphatic rings. The van der Waals surface area contributed by atoms with Gasteiger partial charge in [0.05, 0.1) is 5.69 Å². The molecule has 0 saturated carbocycles. The molecule has 0 fully saturated rings. The SMILES string of the molecule is C=CC(=O)Oc1ccc(C=Cc2ccc(N(c3ccccc3)c3ccccc3)c3ccccc23)cc1. The van der Waals surface area contributed by atoms with Gasteiger partial charge in [-0.1, -0.05) is 97.6 Å². The van der Waals surface area contributed by atoms with Crippen molar-refractivity contribution in [2.75, 3.05) is 4.90 Å². The Morgan fingerprint density at radius 2 is 1.22 bits per heavy atom. The minimum atomic E-state index is -0.468. The quantitative estimate of drug-likeness (QED) is 0.104. The fourth-order valence-corrected chi connectivity index (χ4v) is 4.22. The van der Waals surface area contributed by atoms with Crippen LogP contribution in [-0.2, 0) is 4.79 Å². The van der Waals surface area contributed by atoms with Crippen LogP contribution >= 0.6 is 0 Å². The second-order valence-corrected chi connectivity index (χ2v) is 8.25. The molecule has 0 atom stereocenters. The zero-order valence-corrected chi connectivity index (χ0v) is 19.7. The third-order valence-corrected chi connectivity index (χ3v) is 5.93. The molecular weight excluding hydrogens is 442 g/mol. The van der Waals surface area contributed by atoms with Crippen LogP contribution < -0.4 is 9.64 Å². The molecule has 0 amide bonds. The van der Waals surface area contributed by atoms with Gasteiger partial charge in [0, 0.05) is 22.8 Å². The van der Waals surface area contributed by atoms with Crippen LogP contribution in [0.2, 0.25) is 0 Å². The highest BCUT2D eigenvalue weighted by Gasteiger charge is 2.15. The van der Waals surface area contributed by atoms with E-state index in [4.69, 9.17) is 4.74 Å².